The minimum Gasteiger partial charge on any atom is -0.457 e. The third-order valence-electron chi connectivity index (χ3n) is 6.09. The Labute approximate surface area is 210 Å². The van der Waals surface area contributed by atoms with Crippen LogP contribution in [0.3, 0.4) is 0 Å². The van der Waals surface area contributed by atoms with Crippen molar-refractivity contribution in [3.63, 3.8) is 0 Å². The number of carbonyl (C=O) groups excluding carboxylic acids is 1. The summed E-state index contributed by atoms with van der Waals surface area (Å²) in [6.45, 7) is 0.564. The molecule has 5 rings (SSSR count). The molecule has 11 heteroatoms. The van der Waals surface area contributed by atoms with Gasteiger partial charge in [-0.1, -0.05) is 18.2 Å². The number of anilines is 1. The second-order valence-electron chi connectivity index (χ2n) is 8.65. The Bertz CT molecular complexity index is 1430. The molecule has 1 aliphatic heterocycles. The number of nitrogens with two attached hydrogens (primary N) is 1. The number of piperidine rings is 1. The second kappa shape index (κ2) is 9.92. The SMILES string of the molecule is Nc1ncnc2c1c(-c1ccc(Oc3ccccc3)cc1)nn2[C@@H]1CCCN(C(=O)/C=C/C(F)(F)F)C1. The Morgan fingerprint density at radius 2 is 1.78 bits per heavy atom. The molecule has 2 N–H and O–H groups in total. The van der Waals surface area contributed by atoms with Crippen LogP contribution in [0.5, 0.6) is 11.5 Å². The molecule has 1 atom stereocenters. The maximum absolute atomic E-state index is 12.5. The van der Waals surface area contributed by atoms with Crippen LogP contribution in [0, 0.1) is 0 Å². The average molecular weight is 509 g/mol. The molecule has 0 saturated carbocycles. The van der Waals surface area contributed by atoms with Crippen LogP contribution >= 0.6 is 0 Å². The standard InChI is InChI=1S/C26H23F3N6O2/c27-26(28,29)13-12-21(36)34-14-4-5-18(15-34)35-25-22(24(30)31-16-32-25)23(33-35)17-8-10-20(11-9-17)37-19-6-2-1-3-7-19/h1-3,6-13,16,18H,4-5,14-15H2,(H2,30,31,32)/b13-12+/t18-/m1/s1. The molecule has 1 aliphatic rings. The van der Waals surface area contributed by atoms with Crippen LogP contribution in [0.25, 0.3) is 22.3 Å². The Balaban J connectivity index is 1.44. The zero-order valence-electron chi connectivity index (χ0n) is 19.6. The minimum absolute atomic E-state index is 0.0422. The van der Waals surface area contributed by atoms with Gasteiger partial charge in [-0.25, -0.2) is 14.6 Å². The van der Waals surface area contributed by atoms with Crippen molar-refractivity contribution in [3.05, 3.63) is 73.1 Å². The highest BCUT2D eigenvalue weighted by Crippen LogP contribution is 2.35. The quantitative estimate of drug-likeness (QED) is 0.375. The van der Waals surface area contributed by atoms with E-state index in [4.69, 9.17) is 15.6 Å². The Morgan fingerprint density at radius 1 is 1.05 bits per heavy atom. The third-order valence-corrected chi connectivity index (χ3v) is 6.09. The van der Waals surface area contributed by atoms with Crippen LogP contribution in [0.1, 0.15) is 18.9 Å². The third kappa shape index (κ3) is 5.40. The monoisotopic (exact) mass is 508 g/mol. The highest BCUT2D eigenvalue weighted by atomic mass is 19.4. The summed E-state index contributed by atoms with van der Waals surface area (Å²) in [6.07, 6.45) is -1.40. The molecule has 0 unspecified atom stereocenters. The summed E-state index contributed by atoms with van der Waals surface area (Å²) in [7, 11) is 0. The zero-order chi connectivity index (χ0) is 26.0. The van der Waals surface area contributed by atoms with Gasteiger partial charge in [-0.15, -0.1) is 0 Å². The van der Waals surface area contributed by atoms with Crippen LogP contribution in [0.4, 0.5) is 19.0 Å². The second-order valence-corrected chi connectivity index (χ2v) is 8.65. The first kappa shape index (κ1) is 24.3. The molecule has 4 aromatic rings. The number of rotatable bonds is 5. The number of amides is 1. The van der Waals surface area contributed by atoms with Crippen molar-refractivity contribution < 1.29 is 22.7 Å². The number of carbonyl (C=O) groups is 1. The van der Waals surface area contributed by atoms with Gasteiger partial charge in [-0.2, -0.15) is 18.3 Å². The number of allylic oxidation sites excluding steroid dienone is 1. The normalized spacial score (nSPS) is 16.4. The maximum Gasteiger partial charge on any atom is 0.409 e. The molecular weight excluding hydrogens is 485 g/mol. The number of halogens is 3. The number of para-hydroxylation sites is 1. The number of nitrogen functional groups attached to an aromatic ring is 1. The highest BCUT2D eigenvalue weighted by molar-refractivity contribution is 5.98. The molecule has 2 aromatic carbocycles. The number of hydrogen-bond acceptors (Lipinski definition) is 6. The van der Waals surface area contributed by atoms with Crippen molar-refractivity contribution in [2.45, 2.75) is 25.1 Å². The van der Waals surface area contributed by atoms with Gasteiger partial charge < -0.3 is 15.4 Å². The number of ether oxygens (including phenoxy) is 1. The lowest BCUT2D eigenvalue weighted by Crippen LogP contribution is -2.40. The molecule has 1 saturated heterocycles. The van der Waals surface area contributed by atoms with Gasteiger partial charge in [0.1, 0.15) is 29.3 Å². The molecule has 0 aliphatic carbocycles. The fourth-order valence-corrected chi connectivity index (χ4v) is 4.38. The average Bonchev–Trinajstić information content (AvgIpc) is 3.29. The number of hydrogen-bond donors (Lipinski definition) is 1. The van der Waals surface area contributed by atoms with Crippen molar-refractivity contribution in [2.75, 3.05) is 18.8 Å². The molecule has 2 aromatic heterocycles. The van der Waals surface area contributed by atoms with Gasteiger partial charge in [0.2, 0.25) is 5.91 Å². The molecule has 8 nitrogen and oxygen atoms in total. The summed E-state index contributed by atoms with van der Waals surface area (Å²) < 4.78 is 45.2. The molecule has 0 radical (unpaired) electrons. The van der Waals surface area contributed by atoms with Gasteiger partial charge in [0.15, 0.2) is 5.65 Å². The summed E-state index contributed by atoms with van der Waals surface area (Å²) >= 11 is 0. The predicted octanol–water partition coefficient (Wildman–Crippen LogP) is 5.15. The van der Waals surface area contributed by atoms with E-state index < -0.39 is 12.1 Å². The van der Waals surface area contributed by atoms with E-state index in [2.05, 4.69) is 9.97 Å². The lowest BCUT2D eigenvalue weighted by molar-refractivity contribution is -0.128. The maximum atomic E-state index is 12.5. The summed E-state index contributed by atoms with van der Waals surface area (Å²) in [4.78, 5) is 22.3. The molecule has 0 spiro atoms. The lowest BCUT2D eigenvalue weighted by Gasteiger charge is -2.32. The van der Waals surface area contributed by atoms with E-state index in [1.807, 2.05) is 54.6 Å². The van der Waals surface area contributed by atoms with Crippen molar-refractivity contribution in [1.29, 1.82) is 0 Å². The van der Waals surface area contributed by atoms with E-state index in [9.17, 15) is 18.0 Å². The molecule has 1 amide bonds. The van der Waals surface area contributed by atoms with Crippen molar-refractivity contribution in [2.24, 2.45) is 0 Å². The van der Waals surface area contributed by atoms with Crippen LogP contribution in [-0.2, 0) is 4.79 Å². The van der Waals surface area contributed by atoms with Crippen molar-refractivity contribution in [1.82, 2.24) is 24.6 Å². The van der Waals surface area contributed by atoms with E-state index in [1.54, 1.807) is 4.68 Å². The van der Waals surface area contributed by atoms with E-state index in [0.717, 1.165) is 5.56 Å². The van der Waals surface area contributed by atoms with E-state index in [1.165, 1.54) is 11.2 Å². The largest absolute Gasteiger partial charge is 0.457 e. The first-order valence-electron chi connectivity index (χ1n) is 11.7. The van der Waals surface area contributed by atoms with Gasteiger partial charge >= 0.3 is 6.18 Å². The predicted molar refractivity (Wildman–Crippen MR) is 132 cm³/mol. The summed E-state index contributed by atoms with van der Waals surface area (Å²) in [6, 6.07) is 16.5. The fourth-order valence-electron chi connectivity index (χ4n) is 4.38. The molecule has 0 bridgehead atoms. The first-order valence-corrected chi connectivity index (χ1v) is 11.7. The number of fused-ring (bicyclic) bond motifs is 1. The molecule has 37 heavy (non-hydrogen) atoms. The van der Waals surface area contributed by atoms with Crippen LogP contribution in [0.2, 0.25) is 0 Å². The highest BCUT2D eigenvalue weighted by Gasteiger charge is 2.29. The lowest BCUT2D eigenvalue weighted by atomic mass is 10.1. The van der Waals surface area contributed by atoms with Crippen molar-refractivity contribution >= 4 is 22.8 Å². The Kier molecular flexibility index (Phi) is 6.51. The summed E-state index contributed by atoms with van der Waals surface area (Å²) in [5.74, 6) is 0.926. The van der Waals surface area contributed by atoms with Crippen molar-refractivity contribution in [3.8, 4) is 22.8 Å². The van der Waals surface area contributed by atoms with Gasteiger partial charge in [0.25, 0.3) is 0 Å². The number of benzene rings is 2. The van der Waals surface area contributed by atoms with E-state index >= 15 is 0 Å². The zero-order valence-corrected chi connectivity index (χ0v) is 19.6. The Hall–Kier alpha value is -4.41. The fraction of sp³-hybridized carbons (Fsp3) is 0.231. The molecule has 3 heterocycles. The number of alkyl halides is 3. The summed E-state index contributed by atoms with van der Waals surface area (Å²) in [5.41, 5.74) is 8.05. The van der Waals surface area contributed by atoms with E-state index in [0.29, 0.717) is 53.7 Å². The van der Waals surface area contributed by atoms with E-state index in [-0.39, 0.29) is 24.5 Å². The van der Waals surface area contributed by atoms with Crippen LogP contribution < -0.4 is 10.5 Å². The smallest absolute Gasteiger partial charge is 0.409 e. The Morgan fingerprint density at radius 3 is 2.51 bits per heavy atom. The summed E-state index contributed by atoms with van der Waals surface area (Å²) in [5, 5.41) is 5.36. The van der Waals surface area contributed by atoms with Gasteiger partial charge in [-0.3, -0.25) is 4.79 Å². The topological polar surface area (TPSA) is 99.2 Å². The number of likely N-dealkylation sites (tertiary alicyclic amines) is 1. The van der Waals surface area contributed by atoms with Crippen LogP contribution in [0.15, 0.2) is 73.1 Å². The van der Waals surface area contributed by atoms with Crippen LogP contribution in [-0.4, -0.2) is 49.8 Å². The van der Waals surface area contributed by atoms with Gasteiger partial charge in [0, 0.05) is 30.8 Å². The molecular formula is C26H23F3N6O2. The number of nitrogens with zero attached hydrogens (tertiary/aromatic N) is 5. The van der Waals surface area contributed by atoms with Gasteiger partial charge in [-0.05, 0) is 49.2 Å². The molecule has 190 valence electrons. The minimum atomic E-state index is -4.55. The molecule has 1 fully saturated rings. The van der Waals surface area contributed by atoms with Gasteiger partial charge in [0.05, 0.1) is 11.4 Å². The first-order chi connectivity index (χ1) is 17.8. The number of aromatic nitrogens is 4.